The lowest BCUT2D eigenvalue weighted by molar-refractivity contribution is 0.415. The molecule has 0 atom stereocenters. The van der Waals surface area contributed by atoms with E-state index in [9.17, 15) is 0 Å². The lowest BCUT2D eigenvalue weighted by Gasteiger charge is -2.08. The van der Waals surface area contributed by atoms with Crippen LogP contribution in [0.15, 0.2) is 48.5 Å². The summed E-state index contributed by atoms with van der Waals surface area (Å²) in [5.74, 6) is 0.891. The Morgan fingerprint density at radius 1 is 1.00 bits per heavy atom. The zero-order valence-electron chi connectivity index (χ0n) is 11.5. The number of hydrogen-bond donors (Lipinski definition) is 0. The molecule has 0 N–H and O–H groups in total. The van der Waals surface area contributed by atoms with Crippen molar-refractivity contribution >= 4 is 10.9 Å². The monoisotopic (exact) mass is 251 g/mol. The molecule has 3 aromatic rings. The van der Waals surface area contributed by atoms with Gasteiger partial charge in [-0.15, -0.1) is 0 Å². The van der Waals surface area contributed by atoms with E-state index in [1.165, 1.54) is 27.7 Å². The maximum absolute atomic E-state index is 5.32. The average molecular weight is 251 g/mol. The minimum absolute atomic E-state index is 0.891. The molecule has 0 bridgehead atoms. The van der Waals surface area contributed by atoms with Gasteiger partial charge in [-0.25, -0.2) is 0 Å². The maximum atomic E-state index is 5.32. The molecular formula is C17H17NO. The summed E-state index contributed by atoms with van der Waals surface area (Å²) >= 11 is 0. The van der Waals surface area contributed by atoms with Gasteiger partial charge in [-0.05, 0) is 30.7 Å². The number of aromatic nitrogens is 1. The summed E-state index contributed by atoms with van der Waals surface area (Å²) in [5, 5.41) is 1.31. The highest BCUT2D eigenvalue weighted by atomic mass is 16.5. The van der Waals surface area contributed by atoms with Crippen molar-refractivity contribution in [3.05, 3.63) is 54.1 Å². The third kappa shape index (κ3) is 1.80. The van der Waals surface area contributed by atoms with E-state index in [1.54, 1.807) is 7.11 Å². The first-order valence-electron chi connectivity index (χ1n) is 6.41. The standard InChI is InChI=1S/C17H17NO/c1-12-15-9-4-5-10-16(15)18(2)17(12)13-7-6-8-14(11-13)19-3/h4-11H,1-3H3. The second kappa shape index (κ2) is 4.47. The fourth-order valence-electron chi connectivity index (χ4n) is 2.76. The fraction of sp³-hybridized carbons (Fsp3) is 0.176. The van der Waals surface area contributed by atoms with Crippen molar-refractivity contribution in [3.8, 4) is 17.0 Å². The summed E-state index contributed by atoms with van der Waals surface area (Å²) in [6.07, 6.45) is 0. The van der Waals surface area contributed by atoms with Gasteiger partial charge in [0.15, 0.2) is 0 Å². The van der Waals surface area contributed by atoms with Gasteiger partial charge in [-0.3, -0.25) is 0 Å². The van der Waals surface area contributed by atoms with Crippen LogP contribution in [0.1, 0.15) is 5.56 Å². The number of nitrogens with zero attached hydrogens (tertiary/aromatic N) is 1. The molecule has 0 fully saturated rings. The molecule has 2 aromatic carbocycles. The minimum atomic E-state index is 0.891. The van der Waals surface area contributed by atoms with Crippen LogP contribution in [0.4, 0.5) is 0 Å². The van der Waals surface area contributed by atoms with Crippen molar-refractivity contribution in [3.63, 3.8) is 0 Å². The van der Waals surface area contributed by atoms with Crippen molar-refractivity contribution in [2.75, 3.05) is 7.11 Å². The lowest BCUT2D eigenvalue weighted by atomic mass is 10.1. The van der Waals surface area contributed by atoms with E-state index in [1.807, 2.05) is 12.1 Å². The van der Waals surface area contributed by atoms with Gasteiger partial charge in [0.2, 0.25) is 0 Å². The van der Waals surface area contributed by atoms with Crippen LogP contribution in [0.3, 0.4) is 0 Å². The topological polar surface area (TPSA) is 14.2 Å². The van der Waals surface area contributed by atoms with Gasteiger partial charge >= 0.3 is 0 Å². The predicted octanol–water partition coefficient (Wildman–Crippen LogP) is 4.16. The fourth-order valence-corrected chi connectivity index (χ4v) is 2.76. The van der Waals surface area contributed by atoms with E-state index in [-0.39, 0.29) is 0 Å². The maximum Gasteiger partial charge on any atom is 0.119 e. The number of methoxy groups -OCH3 is 1. The summed E-state index contributed by atoms with van der Waals surface area (Å²) in [4.78, 5) is 0. The van der Waals surface area contributed by atoms with Crippen LogP contribution >= 0.6 is 0 Å². The van der Waals surface area contributed by atoms with Crippen LogP contribution in [-0.2, 0) is 7.05 Å². The van der Waals surface area contributed by atoms with Crippen LogP contribution < -0.4 is 4.74 Å². The van der Waals surface area contributed by atoms with E-state index in [0.29, 0.717) is 0 Å². The van der Waals surface area contributed by atoms with E-state index >= 15 is 0 Å². The summed E-state index contributed by atoms with van der Waals surface area (Å²) < 4.78 is 7.57. The molecule has 0 aliphatic rings. The Labute approximate surface area is 113 Å². The third-order valence-electron chi connectivity index (χ3n) is 3.70. The molecule has 0 unspecified atom stereocenters. The molecule has 0 amide bonds. The molecule has 96 valence electrons. The first-order valence-corrected chi connectivity index (χ1v) is 6.41. The van der Waals surface area contributed by atoms with E-state index in [2.05, 4.69) is 54.9 Å². The Bertz CT molecular complexity index is 701. The van der Waals surface area contributed by atoms with Crippen molar-refractivity contribution in [1.29, 1.82) is 0 Å². The number of para-hydroxylation sites is 1. The highest BCUT2D eigenvalue weighted by molar-refractivity contribution is 5.91. The molecule has 0 spiro atoms. The Morgan fingerprint density at radius 2 is 1.79 bits per heavy atom. The van der Waals surface area contributed by atoms with Gasteiger partial charge < -0.3 is 9.30 Å². The molecule has 0 saturated carbocycles. The van der Waals surface area contributed by atoms with Crippen molar-refractivity contribution in [2.45, 2.75) is 6.92 Å². The Morgan fingerprint density at radius 3 is 2.53 bits per heavy atom. The molecule has 0 aliphatic carbocycles. The van der Waals surface area contributed by atoms with Gasteiger partial charge in [0.1, 0.15) is 5.75 Å². The molecular weight excluding hydrogens is 234 g/mol. The smallest absolute Gasteiger partial charge is 0.119 e. The summed E-state index contributed by atoms with van der Waals surface area (Å²) in [6, 6.07) is 16.7. The van der Waals surface area contributed by atoms with Gasteiger partial charge in [0.05, 0.1) is 12.8 Å². The number of ether oxygens (including phenoxy) is 1. The predicted molar refractivity (Wildman–Crippen MR) is 79.6 cm³/mol. The Hall–Kier alpha value is -2.22. The summed E-state index contributed by atoms with van der Waals surface area (Å²) in [5.41, 5.74) is 5.01. The Kier molecular flexibility index (Phi) is 2.79. The molecule has 1 heterocycles. The van der Waals surface area contributed by atoms with Crippen molar-refractivity contribution in [1.82, 2.24) is 4.57 Å². The lowest BCUT2D eigenvalue weighted by Crippen LogP contribution is -1.93. The number of fused-ring (bicyclic) bond motifs is 1. The third-order valence-corrected chi connectivity index (χ3v) is 3.70. The Balaban J connectivity index is 2.30. The molecule has 0 aliphatic heterocycles. The zero-order chi connectivity index (χ0) is 13.4. The number of aryl methyl sites for hydroxylation is 2. The first kappa shape index (κ1) is 11.8. The number of benzene rings is 2. The average Bonchev–Trinajstić information content (AvgIpc) is 2.72. The van der Waals surface area contributed by atoms with Gasteiger partial charge in [0.25, 0.3) is 0 Å². The summed E-state index contributed by atoms with van der Waals surface area (Å²) in [7, 11) is 3.82. The molecule has 1 aromatic heterocycles. The van der Waals surface area contributed by atoms with Crippen LogP contribution in [0.5, 0.6) is 5.75 Å². The number of hydrogen-bond acceptors (Lipinski definition) is 1. The van der Waals surface area contributed by atoms with E-state index in [4.69, 9.17) is 4.74 Å². The van der Waals surface area contributed by atoms with Crippen LogP contribution in [0, 0.1) is 6.92 Å². The molecule has 2 nitrogen and oxygen atoms in total. The first-order chi connectivity index (χ1) is 9.22. The quantitative estimate of drug-likeness (QED) is 0.667. The molecule has 3 rings (SSSR count). The van der Waals surface area contributed by atoms with Crippen molar-refractivity contribution < 1.29 is 4.74 Å². The van der Waals surface area contributed by atoms with Gasteiger partial charge in [-0.2, -0.15) is 0 Å². The SMILES string of the molecule is COc1cccc(-c2c(C)c3ccccc3n2C)c1. The molecule has 19 heavy (non-hydrogen) atoms. The van der Waals surface area contributed by atoms with Crippen LogP contribution in [0.25, 0.3) is 22.2 Å². The summed E-state index contributed by atoms with van der Waals surface area (Å²) in [6.45, 7) is 2.18. The van der Waals surface area contributed by atoms with Gasteiger partial charge in [-0.1, -0.05) is 30.3 Å². The normalized spacial score (nSPS) is 10.9. The van der Waals surface area contributed by atoms with Crippen LogP contribution in [0.2, 0.25) is 0 Å². The molecule has 2 heteroatoms. The van der Waals surface area contributed by atoms with Crippen LogP contribution in [-0.4, -0.2) is 11.7 Å². The second-order valence-electron chi connectivity index (χ2n) is 4.78. The second-order valence-corrected chi connectivity index (χ2v) is 4.78. The highest BCUT2D eigenvalue weighted by Gasteiger charge is 2.13. The van der Waals surface area contributed by atoms with Crippen molar-refractivity contribution in [2.24, 2.45) is 7.05 Å². The minimum Gasteiger partial charge on any atom is -0.497 e. The zero-order valence-corrected chi connectivity index (χ0v) is 11.5. The van der Waals surface area contributed by atoms with E-state index < -0.39 is 0 Å². The van der Waals surface area contributed by atoms with E-state index in [0.717, 1.165) is 5.75 Å². The molecule has 0 saturated heterocycles. The largest absolute Gasteiger partial charge is 0.497 e. The molecule has 0 radical (unpaired) electrons. The van der Waals surface area contributed by atoms with Gasteiger partial charge in [0, 0.05) is 23.5 Å². The highest BCUT2D eigenvalue weighted by Crippen LogP contribution is 2.33. The number of rotatable bonds is 2.